The summed E-state index contributed by atoms with van der Waals surface area (Å²) in [5, 5.41) is -0.213. The Labute approximate surface area is 110 Å². The molecule has 1 aromatic carbocycles. The smallest absolute Gasteiger partial charge is 0.142 e. The molecule has 1 aliphatic heterocycles. The van der Waals surface area contributed by atoms with Crippen LogP contribution < -0.4 is 5.73 Å². The maximum atomic E-state index is 13.7. The van der Waals surface area contributed by atoms with E-state index in [9.17, 15) is 8.78 Å². The minimum absolute atomic E-state index is 0.198. The Morgan fingerprint density at radius 1 is 1.28 bits per heavy atom. The molecule has 1 fully saturated rings. The Bertz CT molecular complexity index is 422. The zero-order valence-electron chi connectivity index (χ0n) is 9.96. The second-order valence-corrected chi connectivity index (χ2v) is 5.09. The minimum atomic E-state index is -0.629. The van der Waals surface area contributed by atoms with Gasteiger partial charge in [0.05, 0.1) is 5.02 Å². The number of hydrogen-bond donors (Lipinski definition) is 1. The lowest BCUT2D eigenvalue weighted by molar-refractivity contribution is 0.0617. The highest BCUT2D eigenvalue weighted by Crippen LogP contribution is 2.29. The van der Waals surface area contributed by atoms with Crippen molar-refractivity contribution in [1.29, 1.82) is 0 Å². The highest BCUT2D eigenvalue weighted by atomic mass is 35.5. The predicted octanol–water partition coefficient (Wildman–Crippen LogP) is 3.43. The highest BCUT2D eigenvalue weighted by molar-refractivity contribution is 6.30. The van der Waals surface area contributed by atoms with Gasteiger partial charge in [-0.15, -0.1) is 0 Å². The summed E-state index contributed by atoms with van der Waals surface area (Å²) in [4.78, 5) is 0. The largest absolute Gasteiger partial charge is 0.381 e. The van der Waals surface area contributed by atoms with Gasteiger partial charge >= 0.3 is 0 Å². The Morgan fingerprint density at radius 2 is 1.94 bits per heavy atom. The molecule has 2 rings (SSSR count). The van der Waals surface area contributed by atoms with Crippen LogP contribution in [0.2, 0.25) is 5.02 Å². The van der Waals surface area contributed by atoms with Gasteiger partial charge in [-0.1, -0.05) is 11.6 Å². The molecule has 0 spiro atoms. The summed E-state index contributed by atoms with van der Waals surface area (Å²) < 4.78 is 32.3. The first-order chi connectivity index (χ1) is 8.58. The van der Waals surface area contributed by atoms with Crippen LogP contribution in [0.25, 0.3) is 0 Å². The number of rotatable bonds is 3. The first-order valence-electron chi connectivity index (χ1n) is 6.05. The second kappa shape index (κ2) is 5.95. The molecule has 1 heterocycles. The Balaban J connectivity index is 2.08. The molecular weight excluding hydrogens is 260 g/mol. The molecule has 0 amide bonds. The van der Waals surface area contributed by atoms with Crippen molar-refractivity contribution in [2.75, 3.05) is 13.2 Å². The maximum absolute atomic E-state index is 13.7. The van der Waals surface area contributed by atoms with Gasteiger partial charge in [0.25, 0.3) is 0 Å². The van der Waals surface area contributed by atoms with Crippen LogP contribution in [0.3, 0.4) is 0 Å². The fourth-order valence-electron chi connectivity index (χ4n) is 2.29. The molecule has 18 heavy (non-hydrogen) atoms. The van der Waals surface area contributed by atoms with Crippen LogP contribution in [-0.2, 0) is 4.74 Å². The van der Waals surface area contributed by atoms with Gasteiger partial charge < -0.3 is 10.5 Å². The van der Waals surface area contributed by atoms with E-state index in [2.05, 4.69) is 0 Å². The molecule has 1 aromatic rings. The molecule has 1 unspecified atom stereocenters. The molecule has 0 radical (unpaired) electrons. The van der Waals surface area contributed by atoms with Gasteiger partial charge in [0.1, 0.15) is 11.6 Å². The van der Waals surface area contributed by atoms with Crippen LogP contribution in [0.4, 0.5) is 8.78 Å². The van der Waals surface area contributed by atoms with Gasteiger partial charge in [-0.3, -0.25) is 0 Å². The molecule has 5 heteroatoms. The molecule has 1 saturated heterocycles. The van der Waals surface area contributed by atoms with Crippen molar-refractivity contribution in [3.8, 4) is 0 Å². The summed E-state index contributed by atoms with van der Waals surface area (Å²) in [5.74, 6) is -0.761. The zero-order chi connectivity index (χ0) is 13.1. The summed E-state index contributed by atoms with van der Waals surface area (Å²) >= 11 is 5.51. The van der Waals surface area contributed by atoms with Gasteiger partial charge in [-0.25, -0.2) is 8.78 Å². The fraction of sp³-hybridized carbons (Fsp3) is 0.538. The van der Waals surface area contributed by atoms with E-state index in [0.717, 1.165) is 38.2 Å². The van der Waals surface area contributed by atoms with E-state index in [-0.39, 0.29) is 10.6 Å². The van der Waals surface area contributed by atoms with E-state index < -0.39 is 17.7 Å². The Hall–Kier alpha value is -0.710. The van der Waals surface area contributed by atoms with Gasteiger partial charge in [0.2, 0.25) is 0 Å². The molecule has 0 aliphatic carbocycles. The predicted molar refractivity (Wildman–Crippen MR) is 66.5 cm³/mol. The molecule has 100 valence electrons. The molecule has 0 aromatic heterocycles. The fourth-order valence-corrected chi connectivity index (χ4v) is 2.44. The zero-order valence-corrected chi connectivity index (χ0v) is 10.7. The average molecular weight is 276 g/mol. The lowest BCUT2D eigenvalue weighted by Crippen LogP contribution is -2.22. The maximum Gasteiger partial charge on any atom is 0.142 e. The number of benzene rings is 1. The Kier molecular flexibility index (Phi) is 4.54. The number of halogens is 3. The van der Waals surface area contributed by atoms with E-state index in [1.807, 2.05) is 0 Å². The molecule has 2 N–H and O–H groups in total. The van der Waals surface area contributed by atoms with E-state index in [1.54, 1.807) is 0 Å². The molecule has 0 saturated carbocycles. The SMILES string of the molecule is NC(CC1CCOCC1)c1cc(F)c(Cl)cc1F. The van der Waals surface area contributed by atoms with Gasteiger partial charge in [0.15, 0.2) is 0 Å². The lowest BCUT2D eigenvalue weighted by Gasteiger charge is -2.25. The van der Waals surface area contributed by atoms with E-state index in [0.29, 0.717) is 12.3 Å². The molecule has 0 bridgehead atoms. The van der Waals surface area contributed by atoms with Crippen molar-refractivity contribution >= 4 is 11.6 Å². The monoisotopic (exact) mass is 275 g/mol. The number of ether oxygens (including phenoxy) is 1. The average Bonchev–Trinajstić information content (AvgIpc) is 2.35. The van der Waals surface area contributed by atoms with Gasteiger partial charge in [-0.05, 0) is 37.3 Å². The van der Waals surface area contributed by atoms with Crippen LogP contribution in [-0.4, -0.2) is 13.2 Å². The van der Waals surface area contributed by atoms with Crippen molar-refractivity contribution in [3.63, 3.8) is 0 Å². The minimum Gasteiger partial charge on any atom is -0.381 e. The highest BCUT2D eigenvalue weighted by Gasteiger charge is 2.21. The summed E-state index contributed by atoms with van der Waals surface area (Å²) in [6.07, 6.45) is 2.48. The van der Waals surface area contributed by atoms with E-state index >= 15 is 0 Å². The molecule has 1 atom stereocenters. The summed E-state index contributed by atoms with van der Waals surface area (Å²) in [7, 11) is 0. The van der Waals surface area contributed by atoms with Crippen LogP contribution in [0.5, 0.6) is 0 Å². The third-order valence-corrected chi connectivity index (χ3v) is 3.66. The topological polar surface area (TPSA) is 35.2 Å². The summed E-state index contributed by atoms with van der Waals surface area (Å²) in [6, 6.07) is 1.58. The summed E-state index contributed by atoms with van der Waals surface area (Å²) in [5.41, 5.74) is 6.15. The first kappa shape index (κ1) is 13.7. The van der Waals surface area contributed by atoms with Crippen LogP contribution in [0.15, 0.2) is 12.1 Å². The van der Waals surface area contributed by atoms with Gasteiger partial charge in [-0.2, -0.15) is 0 Å². The normalized spacial score (nSPS) is 18.9. The van der Waals surface area contributed by atoms with Crippen LogP contribution in [0.1, 0.15) is 30.9 Å². The Morgan fingerprint density at radius 3 is 2.61 bits per heavy atom. The standard InChI is InChI=1S/C13H16ClF2NO/c14-10-7-11(15)9(6-12(10)16)13(17)5-8-1-3-18-4-2-8/h6-8,13H,1-5,17H2. The van der Waals surface area contributed by atoms with Crippen molar-refractivity contribution in [2.24, 2.45) is 11.7 Å². The molecular formula is C13H16ClF2NO. The third kappa shape index (κ3) is 3.19. The first-order valence-corrected chi connectivity index (χ1v) is 6.43. The van der Waals surface area contributed by atoms with E-state index in [4.69, 9.17) is 22.1 Å². The second-order valence-electron chi connectivity index (χ2n) is 4.69. The van der Waals surface area contributed by atoms with Crippen molar-refractivity contribution in [3.05, 3.63) is 34.4 Å². The van der Waals surface area contributed by atoms with Crippen molar-refractivity contribution in [2.45, 2.75) is 25.3 Å². The third-order valence-electron chi connectivity index (χ3n) is 3.37. The number of hydrogen-bond acceptors (Lipinski definition) is 2. The van der Waals surface area contributed by atoms with Crippen LogP contribution >= 0.6 is 11.6 Å². The molecule has 1 aliphatic rings. The summed E-state index contributed by atoms with van der Waals surface area (Å²) in [6.45, 7) is 1.43. The van der Waals surface area contributed by atoms with Crippen LogP contribution in [0, 0.1) is 17.6 Å². The number of nitrogens with two attached hydrogens (primary N) is 1. The van der Waals surface area contributed by atoms with Gasteiger partial charge in [0, 0.05) is 24.8 Å². The molecule has 2 nitrogen and oxygen atoms in total. The quantitative estimate of drug-likeness (QED) is 0.858. The van der Waals surface area contributed by atoms with Crippen molar-refractivity contribution in [1.82, 2.24) is 0 Å². The van der Waals surface area contributed by atoms with Crippen molar-refractivity contribution < 1.29 is 13.5 Å². The van der Waals surface area contributed by atoms with E-state index in [1.165, 1.54) is 0 Å². The lowest BCUT2D eigenvalue weighted by atomic mass is 9.90.